The van der Waals surface area contributed by atoms with Crippen molar-refractivity contribution in [2.45, 2.75) is 30.8 Å². The van der Waals surface area contributed by atoms with Gasteiger partial charge in [0.05, 0.1) is 6.04 Å². The molecule has 2 aliphatic heterocycles. The van der Waals surface area contributed by atoms with E-state index in [9.17, 15) is 9.59 Å². The molecule has 90 valence electrons. The zero-order valence-corrected chi connectivity index (χ0v) is 10.0. The van der Waals surface area contributed by atoms with Crippen molar-refractivity contribution in [3.63, 3.8) is 0 Å². The second-order valence-electron chi connectivity index (χ2n) is 4.42. The van der Waals surface area contributed by atoms with E-state index in [1.165, 1.54) is 0 Å². The summed E-state index contributed by atoms with van der Waals surface area (Å²) in [5.74, 6) is 0.141. The number of hydrogen-bond acceptors (Lipinski definition) is 4. The lowest BCUT2D eigenvalue weighted by Gasteiger charge is -2.33. The van der Waals surface area contributed by atoms with Gasteiger partial charge in [0.15, 0.2) is 0 Å². The number of thiol groups is 1. The maximum atomic E-state index is 12.1. The summed E-state index contributed by atoms with van der Waals surface area (Å²) in [6.07, 6.45) is 2.33. The van der Waals surface area contributed by atoms with Crippen LogP contribution in [0.2, 0.25) is 0 Å². The number of nitrogens with zero attached hydrogens (tertiary/aromatic N) is 1. The molecule has 1 spiro atoms. The Labute approximate surface area is 100 Å². The molecule has 2 atom stereocenters. The van der Waals surface area contributed by atoms with Crippen molar-refractivity contribution < 1.29 is 9.59 Å². The fraction of sp³-hybridized carbons (Fsp3) is 0.800. The lowest BCUT2D eigenvalue weighted by Crippen LogP contribution is -2.56. The van der Waals surface area contributed by atoms with Crippen molar-refractivity contribution >= 4 is 24.4 Å². The van der Waals surface area contributed by atoms with Gasteiger partial charge in [-0.1, -0.05) is 0 Å². The number of hydrogen-bond donors (Lipinski definition) is 3. The van der Waals surface area contributed by atoms with Crippen LogP contribution in [0.15, 0.2) is 0 Å². The second-order valence-corrected chi connectivity index (χ2v) is 4.79. The minimum atomic E-state index is -0.613. The molecule has 2 saturated heterocycles. The molecule has 2 heterocycles. The average Bonchev–Trinajstić information content (AvgIpc) is 2.86. The van der Waals surface area contributed by atoms with Gasteiger partial charge < -0.3 is 16.0 Å². The Balaban J connectivity index is 2.21. The summed E-state index contributed by atoms with van der Waals surface area (Å²) in [7, 11) is 0. The van der Waals surface area contributed by atoms with Gasteiger partial charge in [-0.3, -0.25) is 9.59 Å². The normalized spacial score (nSPS) is 30.9. The molecule has 2 aliphatic rings. The Morgan fingerprint density at radius 1 is 1.62 bits per heavy atom. The first kappa shape index (κ1) is 11.7. The van der Waals surface area contributed by atoms with Crippen molar-refractivity contribution in [3.8, 4) is 0 Å². The van der Waals surface area contributed by atoms with Crippen LogP contribution in [-0.2, 0) is 9.59 Å². The third-order valence-electron chi connectivity index (χ3n) is 3.52. The van der Waals surface area contributed by atoms with Crippen LogP contribution in [0.4, 0.5) is 0 Å². The van der Waals surface area contributed by atoms with Gasteiger partial charge in [0, 0.05) is 18.8 Å². The van der Waals surface area contributed by atoms with Crippen molar-refractivity contribution in [2.24, 2.45) is 5.73 Å². The fourth-order valence-electron chi connectivity index (χ4n) is 2.63. The van der Waals surface area contributed by atoms with Gasteiger partial charge in [-0.2, -0.15) is 12.6 Å². The third kappa shape index (κ3) is 1.60. The van der Waals surface area contributed by atoms with E-state index >= 15 is 0 Å². The Hall–Kier alpha value is -0.750. The Bertz CT molecular complexity index is 319. The molecule has 3 N–H and O–H groups in total. The summed E-state index contributed by atoms with van der Waals surface area (Å²) in [5.41, 5.74) is 5.08. The highest BCUT2D eigenvalue weighted by Gasteiger charge is 2.52. The molecule has 0 radical (unpaired) electrons. The van der Waals surface area contributed by atoms with Gasteiger partial charge in [0.1, 0.15) is 5.54 Å². The van der Waals surface area contributed by atoms with Crippen molar-refractivity contribution in [3.05, 3.63) is 0 Å². The summed E-state index contributed by atoms with van der Waals surface area (Å²) < 4.78 is 0. The second kappa shape index (κ2) is 4.25. The number of likely N-dealkylation sites (tertiary alicyclic amines) is 1. The first-order valence-corrected chi connectivity index (χ1v) is 6.21. The molecule has 2 fully saturated rings. The van der Waals surface area contributed by atoms with Crippen LogP contribution in [0.3, 0.4) is 0 Å². The molecule has 16 heavy (non-hydrogen) atoms. The molecule has 0 aromatic heterocycles. The maximum Gasteiger partial charge on any atom is 0.246 e. The van der Waals surface area contributed by atoms with E-state index in [0.29, 0.717) is 25.3 Å². The van der Waals surface area contributed by atoms with Gasteiger partial charge in [-0.15, -0.1) is 0 Å². The first-order valence-electron chi connectivity index (χ1n) is 5.58. The van der Waals surface area contributed by atoms with Gasteiger partial charge in [0.2, 0.25) is 11.8 Å². The van der Waals surface area contributed by atoms with E-state index in [0.717, 1.165) is 12.8 Å². The monoisotopic (exact) mass is 243 g/mol. The Morgan fingerprint density at radius 3 is 2.94 bits per heavy atom. The molecular formula is C10H17N3O2S. The number of carbonyl (C=O) groups is 2. The van der Waals surface area contributed by atoms with Crippen molar-refractivity contribution in [1.82, 2.24) is 10.2 Å². The van der Waals surface area contributed by atoms with Gasteiger partial charge in [-0.25, -0.2) is 0 Å². The predicted octanol–water partition coefficient (Wildman–Crippen LogP) is -0.875. The zero-order chi connectivity index (χ0) is 11.8. The highest BCUT2D eigenvalue weighted by molar-refractivity contribution is 7.80. The van der Waals surface area contributed by atoms with Gasteiger partial charge in [-0.05, 0) is 19.3 Å². The van der Waals surface area contributed by atoms with E-state index in [1.807, 2.05) is 0 Å². The number of amides is 2. The number of nitrogens with one attached hydrogen (secondary N) is 1. The number of rotatable bonds is 2. The lowest BCUT2D eigenvalue weighted by molar-refractivity contribution is -0.143. The molecule has 6 heteroatoms. The van der Waals surface area contributed by atoms with E-state index in [4.69, 9.17) is 5.73 Å². The summed E-state index contributed by atoms with van der Waals surface area (Å²) in [5, 5.41) is 2.80. The molecule has 5 nitrogen and oxygen atoms in total. The van der Waals surface area contributed by atoms with Crippen LogP contribution in [0.1, 0.15) is 19.3 Å². The SMILES string of the molecule is N[C@@H](CS)C(=O)N1CCCC12CCNC2=O. The molecule has 1 unspecified atom stereocenters. The topological polar surface area (TPSA) is 75.4 Å². The summed E-state index contributed by atoms with van der Waals surface area (Å²) in [6.45, 7) is 1.28. The number of nitrogens with two attached hydrogens (primary N) is 1. The lowest BCUT2D eigenvalue weighted by atomic mass is 9.94. The van der Waals surface area contributed by atoms with Gasteiger partial charge >= 0.3 is 0 Å². The molecule has 0 aromatic carbocycles. The molecule has 0 aliphatic carbocycles. The van der Waals surface area contributed by atoms with E-state index in [2.05, 4.69) is 17.9 Å². The van der Waals surface area contributed by atoms with Gasteiger partial charge in [0.25, 0.3) is 0 Å². The maximum absolute atomic E-state index is 12.1. The average molecular weight is 243 g/mol. The van der Waals surface area contributed by atoms with Crippen LogP contribution in [-0.4, -0.2) is 47.1 Å². The quantitative estimate of drug-likeness (QED) is 0.552. The molecule has 0 aromatic rings. The first-order chi connectivity index (χ1) is 7.62. The Morgan fingerprint density at radius 2 is 2.38 bits per heavy atom. The summed E-state index contributed by atoms with van der Waals surface area (Å²) >= 11 is 4.03. The van der Waals surface area contributed by atoms with Crippen LogP contribution >= 0.6 is 12.6 Å². The third-order valence-corrected chi connectivity index (χ3v) is 3.91. The predicted molar refractivity (Wildman–Crippen MR) is 63.1 cm³/mol. The highest BCUT2D eigenvalue weighted by atomic mass is 32.1. The molecule has 0 saturated carbocycles. The zero-order valence-electron chi connectivity index (χ0n) is 9.11. The standard InChI is InChI=1S/C10H17N3O2S/c11-7(6-16)8(14)13-5-1-2-10(13)3-4-12-9(10)15/h7,16H,1-6,11H2,(H,12,15)/t7-,10?/m0/s1. The fourth-order valence-corrected chi connectivity index (χ4v) is 2.79. The van der Waals surface area contributed by atoms with E-state index < -0.39 is 11.6 Å². The van der Waals surface area contributed by atoms with Crippen LogP contribution in [0.25, 0.3) is 0 Å². The molecule has 2 rings (SSSR count). The molecule has 0 bridgehead atoms. The van der Waals surface area contributed by atoms with Crippen LogP contribution < -0.4 is 11.1 Å². The largest absolute Gasteiger partial charge is 0.354 e. The van der Waals surface area contributed by atoms with Crippen molar-refractivity contribution in [2.75, 3.05) is 18.8 Å². The smallest absolute Gasteiger partial charge is 0.246 e. The van der Waals surface area contributed by atoms with Crippen molar-refractivity contribution in [1.29, 1.82) is 0 Å². The van der Waals surface area contributed by atoms with E-state index in [1.54, 1.807) is 4.90 Å². The summed E-state index contributed by atoms with van der Waals surface area (Å²) in [4.78, 5) is 25.6. The minimum absolute atomic E-state index is 0.0234. The van der Waals surface area contributed by atoms with Crippen LogP contribution in [0.5, 0.6) is 0 Å². The van der Waals surface area contributed by atoms with E-state index in [-0.39, 0.29) is 11.8 Å². The highest BCUT2D eigenvalue weighted by Crippen LogP contribution is 2.35. The molecule has 2 amide bonds. The van der Waals surface area contributed by atoms with Crippen LogP contribution in [0, 0.1) is 0 Å². The number of carbonyl (C=O) groups excluding carboxylic acids is 2. The minimum Gasteiger partial charge on any atom is -0.354 e. The Kier molecular flexibility index (Phi) is 3.12. The molecular weight excluding hydrogens is 226 g/mol. The summed E-state index contributed by atoms with van der Waals surface area (Å²) in [6, 6.07) is -0.605.